The second-order valence-electron chi connectivity index (χ2n) is 10.6. The molecule has 1 aliphatic heterocycles. The van der Waals surface area contributed by atoms with Gasteiger partial charge in [0.15, 0.2) is 0 Å². The molecule has 0 bridgehead atoms. The minimum absolute atomic E-state index is 0.00376. The smallest absolute Gasteiger partial charge is 0.257 e. The number of benzene rings is 3. The van der Waals surface area contributed by atoms with Crippen LogP contribution in [-0.2, 0) is 23.2 Å². The number of aryl methyl sites for hydroxylation is 1. The van der Waals surface area contributed by atoms with Crippen molar-refractivity contribution in [2.45, 2.75) is 70.9 Å². The molecule has 0 spiro atoms. The van der Waals surface area contributed by atoms with Crippen LogP contribution in [0.15, 0.2) is 95.8 Å². The average molecular weight is 534 g/mol. The Bertz CT molecular complexity index is 1450. The zero-order chi connectivity index (χ0) is 28.1. The first-order valence-electron chi connectivity index (χ1n) is 14.6. The van der Waals surface area contributed by atoms with Gasteiger partial charge in [0.05, 0.1) is 23.7 Å². The van der Waals surface area contributed by atoms with E-state index in [1.807, 2.05) is 84.8 Å². The molecular formula is C35H39N3O2. The van der Waals surface area contributed by atoms with Crippen molar-refractivity contribution in [1.82, 2.24) is 14.5 Å². The molecule has 0 saturated heterocycles. The Kier molecular flexibility index (Phi) is 8.29. The van der Waals surface area contributed by atoms with Gasteiger partial charge in [0.2, 0.25) is 5.91 Å². The van der Waals surface area contributed by atoms with Gasteiger partial charge in [-0.15, -0.1) is 0 Å². The Morgan fingerprint density at radius 3 is 1.90 bits per heavy atom. The third-order valence-corrected chi connectivity index (χ3v) is 8.41. The third-order valence-electron chi connectivity index (χ3n) is 8.41. The van der Waals surface area contributed by atoms with Gasteiger partial charge in [0, 0.05) is 12.1 Å². The summed E-state index contributed by atoms with van der Waals surface area (Å²) < 4.78 is 1.84. The summed E-state index contributed by atoms with van der Waals surface area (Å²) in [4.78, 5) is 35.0. The van der Waals surface area contributed by atoms with Crippen LogP contribution in [0.2, 0.25) is 0 Å². The highest BCUT2D eigenvalue weighted by atomic mass is 16.2. The highest BCUT2D eigenvalue weighted by Gasteiger charge is 2.45. The van der Waals surface area contributed by atoms with Gasteiger partial charge in [-0.2, -0.15) is 0 Å². The third kappa shape index (κ3) is 5.01. The molecule has 0 radical (unpaired) electrons. The number of nitrogens with zero attached hydrogens (tertiary/aromatic N) is 3. The van der Waals surface area contributed by atoms with Crippen LogP contribution in [0.5, 0.6) is 0 Å². The van der Waals surface area contributed by atoms with Gasteiger partial charge in [-0.05, 0) is 42.9 Å². The predicted molar refractivity (Wildman–Crippen MR) is 160 cm³/mol. The summed E-state index contributed by atoms with van der Waals surface area (Å²) in [6.45, 7) is 6.84. The summed E-state index contributed by atoms with van der Waals surface area (Å²) >= 11 is 0. The van der Waals surface area contributed by atoms with Crippen molar-refractivity contribution in [2.75, 3.05) is 6.54 Å². The highest BCUT2D eigenvalue weighted by Crippen LogP contribution is 2.43. The fourth-order valence-corrected chi connectivity index (χ4v) is 6.52. The fraction of sp³-hybridized carbons (Fsp3) is 0.343. The average Bonchev–Trinajstić information content (AvgIpc) is 3.52. The summed E-state index contributed by atoms with van der Waals surface area (Å²) in [5.74, 6) is 0.848. The van der Waals surface area contributed by atoms with E-state index in [1.54, 1.807) is 0 Å². The zero-order valence-corrected chi connectivity index (χ0v) is 23.8. The zero-order valence-electron chi connectivity index (χ0n) is 23.8. The SMILES string of the molecule is CC.Cc1nc2c(c(=O)n1C(c1ccccc1)c1ccccc1)CCN(C(=O)C1(c3ccccc3)CCCC1)C2. The van der Waals surface area contributed by atoms with Gasteiger partial charge >= 0.3 is 0 Å². The molecule has 0 atom stereocenters. The number of amides is 1. The fourth-order valence-electron chi connectivity index (χ4n) is 6.52. The lowest BCUT2D eigenvalue weighted by Crippen LogP contribution is -2.49. The standard InChI is InChI=1S/C33H33N3O2.C2H6/c1-24-34-29-23-35(32(38)33(20-11-12-21-33)27-17-9-4-10-18-27)22-19-28(29)31(37)36(24)30(25-13-5-2-6-14-25)26-15-7-3-8-16-26;1-2/h2-10,13-18,30H,11-12,19-23H2,1H3;1-2H3. The van der Waals surface area contributed by atoms with Crippen molar-refractivity contribution in [3.8, 4) is 0 Å². The topological polar surface area (TPSA) is 55.2 Å². The molecule has 206 valence electrons. The Labute approximate surface area is 237 Å². The molecule has 1 amide bonds. The number of hydrogen-bond acceptors (Lipinski definition) is 3. The largest absolute Gasteiger partial charge is 0.336 e. The van der Waals surface area contributed by atoms with Crippen molar-refractivity contribution in [1.29, 1.82) is 0 Å². The van der Waals surface area contributed by atoms with Gasteiger partial charge in [0.25, 0.3) is 5.56 Å². The van der Waals surface area contributed by atoms with Crippen LogP contribution in [0.4, 0.5) is 0 Å². The molecule has 2 heterocycles. The van der Waals surface area contributed by atoms with Gasteiger partial charge in [-0.25, -0.2) is 4.98 Å². The number of rotatable bonds is 5. The second kappa shape index (κ2) is 12.0. The Morgan fingerprint density at radius 2 is 1.35 bits per heavy atom. The molecule has 4 aromatic rings. The van der Waals surface area contributed by atoms with Crippen LogP contribution in [0.25, 0.3) is 0 Å². The summed E-state index contributed by atoms with van der Waals surface area (Å²) in [7, 11) is 0. The number of carbonyl (C=O) groups excluding carboxylic acids is 1. The quantitative estimate of drug-likeness (QED) is 0.290. The van der Waals surface area contributed by atoms with E-state index in [0.717, 1.165) is 53.6 Å². The maximum absolute atomic E-state index is 14.1. The van der Waals surface area contributed by atoms with Crippen molar-refractivity contribution in [2.24, 2.45) is 0 Å². The number of carbonyl (C=O) groups is 1. The molecule has 40 heavy (non-hydrogen) atoms. The van der Waals surface area contributed by atoms with Crippen molar-refractivity contribution in [3.63, 3.8) is 0 Å². The molecule has 0 unspecified atom stereocenters. The number of hydrogen-bond donors (Lipinski definition) is 0. The summed E-state index contributed by atoms with van der Waals surface area (Å²) in [6, 6.07) is 30.2. The lowest BCUT2D eigenvalue weighted by molar-refractivity contribution is -0.138. The van der Waals surface area contributed by atoms with Crippen LogP contribution in [-0.4, -0.2) is 26.9 Å². The van der Waals surface area contributed by atoms with Crippen LogP contribution in [0, 0.1) is 6.92 Å². The van der Waals surface area contributed by atoms with Crippen LogP contribution < -0.4 is 5.56 Å². The van der Waals surface area contributed by atoms with E-state index in [1.165, 1.54) is 0 Å². The van der Waals surface area contributed by atoms with Gasteiger partial charge in [0.1, 0.15) is 5.82 Å². The molecule has 6 rings (SSSR count). The normalized spacial score (nSPS) is 15.8. The predicted octanol–water partition coefficient (Wildman–Crippen LogP) is 6.61. The maximum Gasteiger partial charge on any atom is 0.257 e. The molecule has 1 aliphatic carbocycles. The minimum atomic E-state index is -0.464. The molecule has 0 N–H and O–H groups in total. The second-order valence-corrected chi connectivity index (χ2v) is 10.6. The number of fused-ring (bicyclic) bond motifs is 1. The Morgan fingerprint density at radius 1 is 0.825 bits per heavy atom. The van der Waals surface area contributed by atoms with Crippen LogP contribution in [0.1, 0.15) is 79.3 Å². The molecule has 2 aliphatic rings. The molecule has 5 nitrogen and oxygen atoms in total. The monoisotopic (exact) mass is 533 g/mol. The molecule has 3 aromatic carbocycles. The van der Waals surface area contributed by atoms with Gasteiger partial charge in [-0.1, -0.05) is 118 Å². The van der Waals surface area contributed by atoms with E-state index in [0.29, 0.717) is 25.3 Å². The van der Waals surface area contributed by atoms with E-state index < -0.39 is 5.41 Å². The first-order chi connectivity index (χ1) is 19.6. The van der Waals surface area contributed by atoms with Crippen LogP contribution in [0.3, 0.4) is 0 Å². The molecule has 5 heteroatoms. The summed E-state index contributed by atoms with van der Waals surface area (Å²) in [6.07, 6.45) is 4.40. The van der Waals surface area contributed by atoms with E-state index in [-0.39, 0.29) is 17.5 Å². The highest BCUT2D eigenvalue weighted by molar-refractivity contribution is 5.88. The maximum atomic E-state index is 14.1. The molecular weight excluding hydrogens is 494 g/mol. The first-order valence-corrected chi connectivity index (χ1v) is 14.6. The van der Waals surface area contributed by atoms with Gasteiger partial charge < -0.3 is 4.90 Å². The molecule has 1 saturated carbocycles. The molecule has 1 fully saturated rings. The lowest BCUT2D eigenvalue weighted by atomic mass is 9.77. The first kappa shape index (κ1) is 27.6. The van der Waals surface area contributed by atoms with Crippen molar-refractivity contribution < 1.29 is 4.79 Å². The van der Waals surface area contributed by atoms with Gasteiger partial charge in [-0.3, -0.25) is 14.2 Å². The van der Waals surface area contributed by atoms with E-state index in [2.05, 4.69) is 36.4 Å². The van der Waals surface area contributed by atoms with E-state index in [9.17, 15) is 9.59 Å². The summed E-state index contributed by atoms with van der Waals surface area (Å²) in [5, 5.41) is 0. The Balaban J connectivity index is 0.00000158. The minimum Gasteiger partial charge on any atom is -0.336 e. The van der Waals surface area contributed by atoms with Crippen LogP contribution >= 0.6 is 0 Å². The number of aromatic nitrogens is 2. The summed E-state index contributed by atoms with van der Waals surface area (Å²) in [5.41, 5.74) is 4.21. The van der Waals surface area contributed by atoms with E-state index in [4.69, 9.17) is 4.98 Å². The Hall–Kier alpha value is -3.99. The molecule has 1 aromatic heterocycles. The van der Waals surface area contributed by atoms with Crippen molar-refractivity contribution >= 4 is 5.91 Å². The van der Waals surface area contributed by atoms with E-state index >= 15 is 0 Å². The lowest BCUT2D eigenvalue weighted by Gasteiger charge is -2.37. The van der Waals surface area contributed by atoms with Crippen molar-refractivity contribution in [3.05, 3.63) is 135 Å².